The summed E-state index contributed by atoms with van der Waals surface area (Å²) in [6.07, 6.45) is 4.39. The molecule has 4 heteroatoms. The number of rotatable bonds is 5. The Kier molecular flexibility index (Phi) is 4.24. The molecular weight excluding hydrogens is 358 g/mol. The molecule has 29 heavy (non-hydrogen) atoms. The highest BCUT2D eigenvalue weighted by molar-refractivity contribution is 5.99. The van der Waals surface area contributed by atoms with Gasteiger partial charge in [0.25, 0.3) is 0 Å². The third-order valence-electron chi connectivity index (χ3n) is 5.85. The number of hydrogen-bond donors (Lipinski definition) is 2. The predicted octanol–water partition coefficient (Wildman–Crippen LogP) is 4.62. The molecule has 1 atom stereocenters. The number of para-hydroxylation sites is 1. The van der Waals surface area contributed by atoms with E-state index in [0.29, 0.717) is 0 Å². The third kappa shape index (κ3) is 3.03. The van der Waals surface area contributed by atoms with Gasteiger partial charge in [-0.15, -0.1) is 0 Å². The molecule has 1 aliphatic carbocycles. The fourth-order valence-corrected chi connectivity index (χ4v) is 4.30. The van der Waals surface area contributed by atoms with Crippen LogP contribution in [0.25, 0.3) is 10.9 Å². The van der Waals surface area contributed by atoms with Gasteiger partial charge in [-0.3, -0.25) is 4.79 Å². The zero-order valence-electron chi connectivity index (χ0n) is 15.9. The number of amides is 1. The highest BCUT2D eigenvalue weighted by Gasteiger charge is 2.60. The van der Waals surface area contributed by atoms with E-state index in [1.165, 1.54) is 11.1 Å². The summed E-state index contributed by atoms with van der Waals surface area (Å²) in [6, 6.07) is 28.6. The van der Waals surface area contributed by atoms with E-state index in [-0.39, 0.29) is 17.2 Å². The molecule has 5 rings (SSSR count). The van der Waals surface area contributed by atoms with Crippen molar-refractivity contribution in [2.75, 3.05) is 0 Å². The Balaban J connectivity index is 1.37. The van der Waals surface area contributed by atoms with Gasteiger partial charge in [0.15, 0.2) is 0 Å². The van der Waals surface area contributed by atoms with Crippen molar-refractivity contribution < 1.29 is 4.79 Å². The molecule has 2 N–H and O–H groups in total. The summed E-state index contributed by atoms with van der Waals surface area (Å²) in [6.45, 7) is 0. The predicted molar refractivity (Wildman–Crippen MR) is 116 cm³/mol. The van der Waals surface area contributed by atoms with Crippen LogP contribution in [0.15, 0.2) is 96.2 Å². The second kappa shape index (κ2) is 7.06. The summed E-state index contributed by atoms with van der Waals surface area (Å²) in [5, 5.41) is 5.32. The van der Waals surface area contributed by atoms with E-state index in [1.807, 2.05) is 66.9 Å². The summed E-state index contributed by atoms with van der Waals surface area (Å²) in [5.74, 6) is -0.179. The van der Waals surface area contributed by atoms with Crippen LogP contribution >= 0.6 is 0 Å². The zero-order chi connectivity index (χ0) is 19.7. The standard InChI is InChI=1S/C25H21N3O/c29-24(28-27-17-18-16-26-23-14-8-7-13-21(18)23)22-15-25(22,19-9-3-1-4-10-19)20-11-5-2-6-12-20/h1-14,16-17,22,26H,15H2,(H,28,29)/b27-17+/t22-/m0/s1. The number of aromatic amines is 1. The van der Waals surface area contributed by atoms with Gasteiger partial charge in [0.2, 0.25) is 5.91 Å². The van der Waals surface area contributed by atoms with E-state index < -0.39 is 0 Å². The maximum Gasteiger partial charge on any atom is 0.244 e. The molecule has 4 nitrogen and oxygen atoms in total. The van der Waals surface area contributed by atoms with Gasteiger partial charge in [-0.05, 0) is 23.6 Å². The molecule has 4 aromatic rings. The Bertz CT molecular complexity index is 1140. The Hall–Kier alpha value is -3.66. The van der Waals surface area contributed by atoms with Crippen molar-refractivity contribution in [3.63, 3.8) is 0 Å². The van der Waals surface area contributed by atoms with Gasteiger partial charge < -0.3 is 4.98 Å². The smallest absolute Gasteiger partial charge is 0.244 e. The van der Waals surface area contributed by atoms with Crippen molar-refractivity contribution >= 4 is 23.0 Å². The number of nitrogens with one attached hydrogen (secondary N) is 2. The summed E-state index contributed by atoms with van der Waals surface area (Å²) in [4.78, 5) is 16.1. The number of benzene rings is 3. The van der Waals surface area contributed by atoms with Crippen LogP contribution < -0.4 is 5.43 Å². The fraction of sp³-hybridized carbons (Fsp3) is 0.120. The molecule has 0 bridgehead atoms. The quantitative estimate of drug-likeness (QED) is 0.386. The van der Waals surface area contributed by atoms with Crippen molar-refractivity contribution in [1.82, 2.24) is 10.4 Å². The second-order valence-corrected chi connectivity index (χ2v) is 7.48. The Morgan fingerprint density at radius 3 is 2.24 bits per heavy atom. The van der Waals surface area contributed by atoms with E-state index in [0.717, 1.165) is 22.9 Å². The van der Waals surface area contributed by atoms with E-state index >= 15 is 0 Å². The van der Waals surface area contributed by atoms with Gasteiger partial charge in [-0.25, -0.2) is 5.43 Å². The average molecular weight is 379 g/mol. The van der Waals surface area contributed by atoms with Crippen molar-refractivity contribution in [1.29, 1.82) is 0 Å². The van der Waals surface area contributed by atoms with E-state index in [1.54, 1.807) is 6.21 Å². The van der Waals surface area contributed by atoms with Gasteiger partial charge in [0.1, 0.15) is 0 Å². The molecule has 0 aliphatic heterocycles. The maximum atomic E-state index is 12.9. The highest BCUT2D eigenvalue weighted by Crippen LogP contribution is 2.58. The Morgan fingerprint density at radius 2 is 1.55 bits per heavy atom. The van der Waals surface area contributed by atoms with Crippen molar-refractivity contribution in [2.45, 2.75) is 11.8 Å². The summed E-state index contributed by atoms with van der Waals surface area (Å²) in [7, 11) is 0. The Morgan fingerprint density at radius 1 is 0.931 bits per heavy atom. The summed E-state index contributed by atoms with van der Waals surface area (Å²) < 4.78 is 0. The molecule has 0 radical (unpaired) electrons. The molecule has 0 unspecified atom stereocenters. The number of hydrogen-bond acceptors (Lipinski definition) is 2. The normalized spacial score (nSPS) is 17.4. The average Bonchev–Trinajstić information content (AvgIpc) is 3.43. The van der Waals surface area contributed by atoms with E-state index in [2.05, 4.69) is 39.8 Å². The lowest BCUT2D eigenvalue weighted by Crippen LogP contribution is -2.25. The van der Waals surface area contributed by atoms with E-state index in [9.17, 15) is 4.79 Å². The number of aromatic nitrogens is 1. The van der Waals surface area contributed by atoms with Crippen LogP contribution in [0.1, 0.15) is 23.1 Å². The number of carbonyl (C=O) groups excluding carboxylic acids is 1. The topological polar surface area (TPSA) is 57.2 Å². The maximum absolute atomic E-state index is 12.9. The van der Waals surface area contributed by atoms with Gasteiger partial charge in [0, 0.05) is 28.1 Å². The first-order valence-corrected chi connectivity index (χ1v) is 9.79. The summed E-state index contributed by atoms with van der Waals surface area (Å²) in [5.41, 5.74) is 6.83. The molecule has 142 valence electrons. The molecule has 1 amide bonds. The minimum Gasteiger partial charge on any atom is -0.361 e. The van der Waals surface area contributed by atoms with Crippen LogP contribution in [-0.4, -0.2) is 17.1 Å². The highest BCUT2D eigenvalue weighted by atomic mass is 16.2. The molecule has 0 saturated heterocycles. The molecular formula is C25H21N3O. The first-order valence-electron chi connectivity index (χ1n) is 9.79. The van der Waals surface area contributed by atoms with Gasteiger partial charge in [0.05, 0.1) is 12.1 Å². The number of H-pyrrole nitrogens is 1. The second-order valence-electron chi connectivity index (χ2n) is 7.48. The lowest BCUT2D eigenvalue weighted by atomic mass is 9.85. The molecule has 1 aliphatic rings. The Labute approximate surface area is 169 Å². The molecule has 0 spiro atoms. The minimum absolute atomic E-state index is 0.0474. The molecule has 1 aromatic heterocycles. The van der Waals surface area contributed by atoms with Crippen LogP contribution in [0.5, 0.6) is 0 Å². The monoisotopic (exact) mass is 379 g/mol. The van der Waals surface area contributed by atoms with Crippen LogP contribution in [0.3, 0.4) is 0 Å². The number of hydrazone groups is 1. The molecule has 1 heterocycles. The first-order chi connectivity index (χ1) is 14.3. The van der Waals surface area contributed by atoms with E-state index in [4.69, 9.17) is 0 Å². The molecule has 3 aromatic carbocycles. The molecule has 1 fully saturated rings. The van der Waals surface area contributed by atoms with Gasteiger partial charge >= 0.3 is 0 Å². The zero-order valence-corrected chi connectivity index (χ0v) is 15.9. The van der Waals surface area contributed by atoms with Crippen LogP contribution in [0.2, 0.25) is 0 Å². The largest absolute Gasteiger partial charge is 0.361 e. The van der Waals surface area contributed by atoms with Crippen molar-refractivity contribution in [3.8, 4) is 0 Å². The van der Waals surface area contributed by atoms with Crippen LogP contribution in [0, 0.1) is 5.92 Å². The van der Waals surface area contributed by atoms with Gasteiger partial charge in [-0.1, -0.05) is 78.9 Å². The number of nitrogens with zero attached hydrogens (tertiary/aromatic N) is 1. The van der Waals surface area contributed by atoms with Crippen molar-refractivity contribution in [2.24, 2.45) is 11.0 Å². The first kappa shape index (κ1) is 17.4. The molecule has 1 saturated carbocycles. The number of fused-ring (bicyclic) bond motifs is 1. The number of carbonyl (C=O) groups is 1. The summed E-state index contributed by atoms with van der Waals surface area (Å²) >= 11 is 0. The van der Waals surface area contributed by atoms with Crippen LogP contribution in [-0.2, 0) is 10.2 Å². The van der Waals surface area contributed by atoms with Crippen LogP contribution in [0.4, 0.5) is 0 Å². The lowest BCUT2D eigenvalue weighted by Gasteiger charge is -2.18. The lowest BCUT2D eigenvalue weighted by molar-refractivity contribution is -0.122. The fourth-order valence-electron chi connectivity index (χ4n) is 4.30. The minimum atomic E-state index is -0.275. The third-order valence-corrected chi connectivity index (χ3v) is 5.85. The SMILES string of the molecule is O=C(N/N=C/c1c[nH]c2ccccc12)[C@@H]1CC1(c1ccccc1)c1ccccc1. The van der Waals surface area contributed by atoms with Crippen molar-refractivity contribution in [3.05, 3.63) is 108 Å². The van der Waals surface area contributed by atoms with Gasteiger partial charge in [-0.2, -0.15) is 5.10 Å².